The first-order valence-corrected chi connectivity index (χ1v) is 8.40. The van der Waals surface area contributed by atoms with Crippen molar-refractivity contribution in [1.29, 1.82) is 0 Å². The summed E-state index contributed by atoms with van der Waals surface area (Å²) >= 11 is 10.9. The monoisotopic (exact) mass is 350 g/mol. The third-order valence-electron chi connectivity index (χ3n) is 3.19. The molecule has 2 rings (SSSR count). The molecule has 1 atom stereocenters. The highest BCUT2D eigenvalue weighted by Crippen LogP contribution is 2.28. The number of nitrogens with zero attached hydrogens (tertiary/aromatic N) is 1. The first-order valence-electron chi connectivity index (χ1n) is 6.17. The van der Waals surface area contributed by atoms with Crippen molar-refractivity contribution >= 4 is 38.8 Å². The molecule has 0 saturated carbocycles. The highest BCUT2D eigenvalue weighted by atomic mass is 35.5. The number of sulfonamides is 1. The van der Waals surface area contributed by atoms with Crippen LogP contribution in [0.5, 0.6) is 0 Å². The highest BCUT2D eigenvalue weighted by molar-refractivity contribution is 7.89. The molecule has 0 amide bonds. The molecule has 0 aromatic heterocycles. The number of halogens is 1. The molecule has 0 radical (unpaired) electrons. The minimum absolute atomic E-state index is 0.0375. The Morgan fingerprint density at radius 2 is 2.29 bits per heavy atom. The molecule has 6 nitrogen and oxygen atoms in total. The van der Waals surface area contributed by atoms with Gasteiger partial charge in [-0.2, -0.15) is 4.31 Å². The van der Waals surface area contributed by atoms with Gasteiger partial charge in [0, 0.05) is 12.1 Å². The summed E-state index contributed by atoms with van der Waals surface area (Å²) in [6.07, 6.45) is 0. The predicted molar refractivity (Wildman–Crippen MR) is 82.9 cm³/mol. The minimum atomic E-state index is -3.82. The number of nitrogens with two attached hydrogens (primary N) is 1. The fraction of sp³-hybridized carbons (Fsp3) is 0.417. The van der Waals surface area contributed by atoms with Crippen molar-refractivity contribution in [3.63, 3.8) is 0 Å². The number of morpholine rings is 1. The van der Waals surface area contributed by atoms with Crippen LogP contribution >= 0.6 is 23.8 Å². The Kier molecular flexibility index (Phi) is 5.18. The molecule has 0 bridgehead atoms. The summed E-state index contributed by atoms with van der Waals surface area (Å²) < 4.78 is 31.7. The fourth-order valence-electron chi connectivity index (χ4n) is 2.09. The van der Waals surface area contributed by atoms with E-state index in [1.807, 2.05) is 0 Å². The van der Waals surface area contributed by atoms with E-state index >= 15 is 0 Å². The van der Waals surface area contributed by atoms with Gasteiger partial charge in [-0.1, -0.05) is 29.9 Å². The van der Waals surface area contributed by atoms with E-state index in [4.69, 9.17) is 34.3 Å². The standard InChI is InChI=1S/C12H15ClN2O4S2/c13-10-5-8(12(14)20)1-2-11(10)21(17,18)15-3-4-19-7-9(15)6-16/h1-2,5,9,16H,3-4,6-7H2,(H2,14,20). The number of benzene rings is 1. The number of hydrogen-bond donors (Lipinski definition) is 2. The maximum Gasteiger partial charge on any atom is 0.245 e. The van der Waals surface area contributed by atoms with E-state index in [2.05, 4.69) is 0 Å². The van der Waals surface area contributed by atoms with Crippen molar-refractivity contribution in [3.8, 4) is 0 Å². The van der Waals surface area contributed by atoms with E-state index in [0.717, 1.165) is 0 Å². The van der Waals surface area contributed by atoms with Crippen LogP contribution in [0, 0.1) is 0 Å². The molecule has 21 heavy (non-hydrogen) atoms. The Bertz CT molecular complexity index is 651. The van der Waals surface area contributed by atoms with E-state index < -0.39 is 16.1 Å². The van der Waals surface area contributed by atoms with Crippen LogP contribution in [0.1, 0.15) is 5.56 Å². The Labute approximate surface area is 133 Å². The van der Waals surface area contributed by atoms with Crippen molar-refractivity contribution in [2.24, 2.45) is 5.73 Å². The predicted octanol–water partition coefficient (Wildman–Crippen LogP) is 0.356. The summed E-state index contributed by atoms with van der Waals surface area (Å²) in [6.45, 7) is 0.277. The molecule has 1 saturated heterocycles. The number of aliphatic hydroxyl groups excluding tert-OH is 1. The Balaban J connectivity index is 2.41. The van der Waals surface area contributed by atoms with Crippen LogP contribution in [0.25, 0.3) is 0 Å². The van der Waals surface area contributed by atoms with Gasteiger partial charge in [0.05, 0.1) is 30.9 Å². The maximum absolute atomic E-state index is 12.7. The van der Waals surface area contributed by atoms with Gasteiger partial charge in [0.1, 0.15) is 9.88 Å². The number of aliphatic hydroxyl groups is 1. The number of rotatable bonds is 4. The summed E-state index contributed by atoms with van der Waals surface area (Å²) in [5, 5.41) is 9.35. The van der Waals surface area contributed by atoms with Crippen LogP contribution in [0.4, 0.5) is 0 Å². The lowest BCUT2D eigenvalue weighted by Crippen LogP contribution is -2.50. The molecule has 116 valence electrons. The van der Waals surface area contributed by atoms with Crippen LogP contribution in [0.3, 0.4) is 0 Å². The third kappa shape index (κ3) is 3.36. The quantitative estimate of drug-likeness (QED) is 0.761. The Morgan fingerprint density at radius 1 is 1.57 bits per heavy atom. The molecule has 1 aromatic rings. The molecular weight excluding hydrogens is 336 g/mol. The lowest BCUT2D eigenvalue weighted by atomic mass is 10.2. The van der Waals surface area contributed by atoms with E-state index in [1.54, 1.807) is 0 Å². The average molecular weight is 351 g/mol. The zero-order valence-electron chi connectivity index (χ0n) is 11.0. The summed E-state index contributed by atoms with van der Waals surface area (Å²) in [5.41, 5.74) is 5.99. The molecule has 9 heteroatoms. The Morgan fingerprint density at radius 3 is 2.86 bits per heavy atom. The summed E-state index contributed by atoms with van der Waals surface area (Å²) in [4.78, 5) is 0.102. The maximum atomic E-state index is 12.7. The van der Waals surface area contributed by atoms with Gasteiger partial charge in [-0.3, -0.25) is 0 Å². The SMILES string of the molecule is NC(=S)c1ccc(S(=O)(=O)N2CCOCC2CO)c(Cl)c1. The van der Waals surface area contributed by atoms with Crippen molar-refractivity contribution < 1.29 is 18.3 Å². The highest BCUT2D eigenvalue weighted by Gasteiger charge is 2.34. The number of thiocarbonyl (C=S) groups is 1. The van der Waals surface area contributed by atoms with Gasteiger partial charge in [0.2, 0.25) is 10.0 Å². The van der Waals surface area contributed by atoms with Gasteiger partial charge in [-0.25, -0.2) is 8.42 Å². The van der Waals surface area contributed by atoms with E-state index in [1.165, 1.54) is 22.5 Å². The first kappa shape index (κ1) is 16.6. The van der Waals surface area contributed by atoms with Gasteiger partial charge in [-0.05, 0) is 12.1 Å². The van der Waals surface area contributed by atoms with Gasteiger partial charge < -0.3 is 15.6 Å². The molecule has 1 heterocycles. The normalized spacial score (nSPS) is 20.4. The van der Waals surface area contributed by atoms with E-state index in [9.17, 15) is 13.5 Å². The van der Waals surface area contributed by atoms with Crippen molar-refractivity contribution in [2.75, 3.05) is 26.4 Å². The molecule has 1 aliphatic heterocycles. The van der Waals surface area contributed by atoms with Gasteiger partial charge in [0.15, 0.2) is 0 Å². The molecule has 1 fully saturated rings. The number of ether oxygens (including phenoxy) is 1. The van der Waals surface area contributed by atoms with E-state index in [0.29, 0.717) is 5.56 Å². The average Bonchev–Trinajstić information content (AvgIpc) is 2.46. The lowest BCUT2D eigenvalue weighted by Gasteiger charge is -2.33. The van der Waals surface area contributed by atoms with Crippen LogP contribution in [0.2, 0.25) is 5.02 Å². The smallest absolute Gasteiger partial charge is 0.245 e. The zero-order valence-corrected chi connectivity index (χ0v) is 13.4. The number of hydrogen-bond acceptors (Lipinski definition) is 5. The summed E-state index contributed by atoms with van der Waals surface area (Å²) in [6, 6.07) is 3.69. The third-order valence-corrected chi connectivity index (χ3v) is 5.86. The van der Waals surface area contributed by atoms with Crippen molar-refractivity contribution in [3.05, 3.63) is 28.8 Å². The summed E-state index contributed by atoms with van der Waals surface area (Å²) in [5.74, 6) is 0. The molecule has 0 aliphatic carbocycles. The molecule has 1 aliphatic rings. The molecular formula is C12H15ClN2O4S2. The Hall–Kier alpha value is -0.770. The second kappa shape index (κ2) is 6.55. The minimum Gasteiger partial charge on any atom is -0.395 e. The molecule has 1 unspecified atom stereocenters. The molecule has 3 N–H and O–H groups in total. The zero-order chi connectivity index (χ0) is 15.6. The van der Waals surface area contributed by atoms with Crippen molar-refractivity contribution in [2.45, 2.75) is 10.9 Å². The second-order valence-corrected chi connectivity index (χ2v) is 7.24. The van der Waals surface area contributed by atoms with Gasteiger partial charge in [0.25, 0.3) is 0 Å². The largest absolute Gasteiger partial charge is 0.395 e. The molecule has 0 spiro atoms. The topological polar surface area (TPSA) is 92.9 Å². The van der Waals surface area contributed by atoms with Crippen LogP contribution in [-0.4, -0.2) is 55.2 Å². The van der Waals surface area contributed by atoms with Crippen molar-refractivity contribution in [1.82, 2.24) is 4.31 Å². The first-order chi connectivity index (χ1) is 9.87. The molecule has 1 aromatic carbocycles. The van der Waals surface area contributed by atoms with Crippen LogP contribution in [-0.2, 0) is 14.8 Å². The fourth-order valence-corrected chi connectivity index (χ4v) is 4.32. The van der Waals surface area contributed by atoms with Crippen LogP contribution in [0.15, 0.2) is 23.1 Å². The van der Waals surface area contributed by atoms with Gasteiger partial charge >= 0.3 is 0 Å². The van der Waals surface area contributed by atoms with Crippen LogP contribution < -0.4 is 5.73 Å². The lowest BCUT2D eigenvalue weighted by molar-refractivity contribution is 0.0109. The van der Waals surface area contributed by atoms with E-state index in [-0.39, 0.29) is 41.3 Å². The second-order valence-electron chi connectivity index (χ2n) is 4.54. The van der Waals surface area contributed by atoms with Gasteiger partial charge in [-0.15, -0.1) is 0 Å². The summed E-state index contributed by atoms with van der Waals surface area (Å²) in [7, 11) is -3.82.